The molecule has 2 aliphatic rings. The van der Waals surface area contributed by atoms with E-state index in [0.29, 0.717) is 5.76 Å². The standard InChI is InChI=1S/C16H27N3O/c17-20-15-12-13-18-19-16(15)14-10-8-6-4-2-1-3-5-7-9-11-14/h12-13,19H,1-11,17H2. The fourth-order valence-electron chi connectivity index (χ4n) is 2.99. The molecule has 0 unspecified atom stereocenters. The number of allylic oxidation sites excluding steroid dienone is 2. The second-order valence-electron chi connectivity index (χ2n) is 5.70. The third-order valence-electron chi connectivity index (χ3n) is 4.16. The topological polar surface area (TPSA) is 59.6 Å². The predicted octanol–water partition coefficient (Wildman–Crippen LogP) is 3.91. The summed E-state index contributed by atoms with van der Waals surface area (Å²) in [6.45, 7) is 0. The van der Waals surface area contributed by atoms with E-state index in [4.69, 9.17) is 10.7 Å². The van der Waals surface area contributed by atoms with Gasteiger partial charge in [-0.05, 0) is 31.3 Å². The lowest BCUT2D eigenvalue weighted by Gasteiger charge is -2.18. The Labute approximate surface area is 122 Å². The van der Waals surface area contributed by atoms with Gasteiger partial charge in [0.25, 0.3) is 0 Å². The number of hydrogen-bond donors (Lipinski definition) is 2. The smallest absolute Gasteiger partial charge is 0.173 e. The second kappa shape index (κ2) is 8.80. The Bertz CT molecular complexity index is 371. The molecular weight excluding hydrogens is 250 g/mol. The van der Waals surface area contributed by atoms with Gasteiger partial charge >= 0.3 is 0 Å². The number of nitrogens with one attached hydrogen (secondary N) is 1. The average Bonchev–Trinajstić information content (AvgIpc) is 2.48. The Morgan fingerprint density at radius 2 is 1.45 bits per heavy atom. The molecule has 0 aromatic heterocycles. The summed E-state index contributed by atoms with van der Waals surface area (Å²) in [6.07, 6.45) is 17.8. The molecule has 1 aliphatic heterocycles. The monoisotopic (exact) mass is 277 g/mol. The van der Waals surface area contributed by atoms with E-state index in [1.807, 2.05) is 6.08 Å². The molecule has 4 nitrogen and oxygen atoms in total. The van der Waals surface area contributed by atoms with Gasteiger partial charge in [-0.3, -0.25) is 5.43 Å². The van der Waals surface area contributed by atoms with E-state index in [9.17, 15) is 0 Å². The number of rotatable bonds is 1. The fraction of sp³-hybridized carbons (Fsp3) is 0.688. The quantitative estimate of drug-likeness (QED) is 0.714. The van der Waals surface area contributed by atoms with E-state index in [-0.39, 0.29) is 0 Å². The van der Waals surface area contributed by atoms with Gasteiger partial charge in [-0.2, -0.15) is 11.0 Å². The predicted molar refractivity (Wildman–Crippen MR) is 82.8 cm³/mol. The van der Waals surface area contributed by atoms with E-state index in [2.05, 4.69) is 10.5 Å². The zero-order chi connectivity index (χ0) is 14.0. The molecule has 0 saturated heterocycles. The van der Waals surface area contributed by atoms with Crippen LogP contribution in [-0.4, -0.2) is 6.21 Å². The summed E-state index contributed by atoms with van der Waals surface area (Å²) < 4.78 is 0. The van der Waals surface area contributed by atoms with Crippen LogP contribution in [-0.2, 0) is 4.84 Å². The van der Waals surface area contributed by atoms with Crippen LogP contribution in [0.4, 0.5) is 0 Å². The van der Waals surface area contributed by atoms with Gasteiger partial charge in [0.05, 0.1) is 11.9 Å². The first-order chi connectivity index (χ1) is 9.92. The lowest BCUT2D eigenvalue weighted by Crippen LogP contribution is -2.19. The van der Waals surface area contributed by atoms with Gasteiger partial charge in [0.2, 0.25) is 0 Å². The largest absolute Gasteiger partial charge is 0.409 e. The van der Waals surface area contributed by atoms with Crippen LogP contribution in [0.5, 0.6) is 0 Å². The summed E-state index contributed by atoms with van der Waals surface area (Å²) in [6, 6.07) is 0. The van der Waals surface area contributed by atoms with E-state index >= 15 is 0 Å². The summed E-state index contributed by atoms with van der Waals surface area (Å²) in [5.74, 6) is 6.08. The minimum absolute atomic E-state index is 0.710. The first-order valence-electron chi connectivity index (χ1n) is 8.00. The van der Waals surface area contributed by atoms with Crippen LogP contribution < -0.4 is 11.3 Å². The molecule has 3 N–H and O–H groups in total. The second-order valence-corrected chi connectivity index (χ2v) is 5.70. The van der Waals surface area contributed by atoms with Crippen molar-refractivity contribution in [1.82, 2.24) is 5.43 Å². The highest BCUT2D eigenvalue weighted by Gasteiger charge is 2.15. The molecule has 0 aromatic rings. The summed E-state index contributed by atoms with van der Waals surface area (Å²) in [7, 11) is 0. The Hall–Kier alpha value is -1.29. The molecule has 0 amide bonds. The maximum atomic E-state index is 5.37. The number of hydrazone groups is 1. The zero-order valence-electron chi connectivity index (χ0n) is 12.4. The minimum atomic E-state index is 0.710. The molecule has 0 spiro atoms. The van der Waals surface area contributed by atoms with Crippen molar-refractivity contribution >= 4 is 6.21 Å². The molecule has 1 heterocycles. The van der Waals surface area contributed by atoms with Crippen LogP contribution >= 0.6 is 0 Å². The zero-order valence-corrected chi connectivity index (χ0v) is 12.4. The van der Waals surface area contributed by atoms with Crippen LogP contribution in [0.1, 0.15) is 70.6 Å². The normalized spacial score (nSPS) is 22.4. The maximum absolute atomic E-state index is 5.37. The van der Waals surface area contributed by atoms with E-state index in [1.54, 1.807) is 6.21 Å². The van der Waals surface area contributed by atoms with Gasteiger partial charge in [-0.1, -0.05) is 44.9 Å². The summed E-state index contributed by atoms with van der Waals surface area (Å²) in [4.78, 5) is 4.98. The highest BCUT2D eigenvalue weighted by molar-refractivity contribution is 5.74. The Morgan fingerprint density at radius 3 is 2.00 bits per heavy atom. The van der Waals surface area contributed by atoms with Crippen LogP contribution in [0.25, 0.3) is 0 Å². The third-order valence-corrected chi connectivity index (χ3v) is 4.16. The molecule has 1 saturated carbocycles. The third kappa shape index (κ3) is 4.67. The van der Waals surface area contributed by atoms with Gasteiger partial charge in [-0.25, -0.2) is 0 Å². The molecular formula is C16H27N3O. The first kappa shape index (κ1) is 15.1. The highest BCUT2D eigenvalue weighted by Crippen LogP contribution is 2.25. The van der Waals surface area contributed by atoms with Crippen LogP contribution in [0.2, 0.25) is 0 Å². The molecule has 4 heteroatoms. The summed E-state index contributed by atoms with van der Waals surface area (Å²) in [5.41, 5.74) is 5.49. The van der Waals surface area contributed by atoms with Crippen molar-refractivity contribution in [3.05, 3.63) is 23.1 Å². The lowest BCUT2D eigenvalue weighted by atomic mass is 9.95. The van der Waals surface area contributed by atoms with Gasteiger partial charge < -0.3 is 4.84 Å². The Balaban J connectivity index is 2.04. The molecule has 112 valence electrons. The lowest BCUT2D eigenvalue weighted by molar-refractivity contribution is 0.224. The average molecular weight is 277 g/mol. The summed E-state index contributed by atoms with van der Waals surface area (Å²) in [5, 5.41) is 4.12. The van der Waals surface area contributed by atoms with Crippen molar-refractivity contribution < 1.29 is 4.84 Å². The van der Waals surface area contributed by atoms with Crippen molar-refractivity contribution in [3.63, 3.8) is 0 Å². The van der Waals surface area contributed by atoms with Crippen LogP contribution in [0.3, 0.4) is 0 Å². The van der Waals surface area contributed by atoms with Crippen LogP contribution in [0, 0.1) is 0 Å². The minimum Gasteiger partial charge on any atom is -0.409 e. The molecule has 0 aromatic carbocycles. The highest BCUT2D eigenvalue weighted by atomic mass is 16.6. The fourth-order valence-corrected chi connectivity index (χ4v) is 2.99. The van der Waals surface area contributed by atoms with E-state index in [0.717, 1.165) is 18.5 Å². The SMILES string of the molecule is NOC1=CC=NNC1=C1CCCCCCCCCCC1. The Kier molecular flexibility index (Phi) is 6.64. The van der Waals surface area contributed by atoms with E-state index in [1.165, 1.54) is 63.4 Å². The van der Waals surface area contributed by atoms with E-state index < -0.39 is 0 Å². The summed E-state index contributed by atoms with van der Waals surface area (Å²) >= 11 is 0. The van der Waals surface area contributed by atoms with Gasteiger partial charge in [-0.15, -0.1) is 0 Å². The van der Waals surface area contributed by atoms with Crippen molar-refractivity contribution in [1.29, 1.82) is 0 Å². The van der Waals surface area contributed by atoms with Crippen molar-refractivity contribution in [2.75, 3.05) is 0 Å². The van der Waals surface area contributed by atoms with Crippen LogP contribution in [0.15, 0.2) is 28.2 Å². The molecule has 1 aliphatic carbocycles. The number of nitrogens with two attached hydrogens (primary N) is 1. The van der Waals surface area contributed by atoms with Gasteiger partial charge in [0, 0.05) is 6.08 Å². The number of nitrogens with zero attached hydrogens (tertiary/aromatic N) is 1. The van der Waals surface area contributed by atoms with Gasteiger partial charge in [0.15, 0.2) is 5.76 Å². The molecule has 2 rings (SSSR count). The first-order valence-corrected chi connectivity index (χ1v) is 8.00. The maximum Gasteiger partial charge on any atom is 0.173 e. The molecule has 20 heavy (non-hydrogen) atoms. The van der Waals surface area contributed by atoms with Crippen molar-refractivity contribution in [3.8, 4) is 0 Å². The molecule has 0 bridgehead atoms. The molecule has 0 atom stereocenters. The molecule has 0 radical (unpaired) electrons. The van der Waals surface area contributed by atoms with Crippen molar-refractivity contribution in [2.45, 2.75) is 70.6 Å². The van der Waals surface area contributed by atoms with Gasteiger partial charge in [0.1, 0.15) is 0 Å². The van der Waals surface area contributed by atoms with Crippen molar-refractivity contribution in [2.24, 2.45) is 11.0 Å². The Morgan fingerprint density at radius 1 is 0.900 bits per heavy atom. The number of hydrogen-bond acceptors (Lipinski definition) is 4. The molecule has 1 fully saturated rings.